The van der Waals surface area contributed by atoms with Gasteiger partial charge < -0.3 is 5.11 Å². The Morgan fingerprint density at radius 3 is 2.67 bits per heavy atom. The van der Waals surface area contributed by atoms with Gasteiger partial charge in [0.2, 0.25) is 10.0 Å². The second-order valence-corrected chi connectivity index (χ2v) is 7.87. The summed E-state index contributed by atoms with van der Waals surface area (Å²) in [6.45, 7) is 2.20. The molecule has 0 aromatic carbocycles. The Labute approximate surface area is 112 Å². The smallest absolute Gasteiger partial charge is 0.241 e. The molecule has 1 fully saturated rings. The van der Waals surface area contributed by atoms with E-state index in [0.717, 1.165) is 17.7 Å². The summed E-state index contributed by atoms with van der Waals surface area (Å²) in [5, 5.41) is 9.04. The number of nitrogens with one attached hydrogen (secondary N) is 1. The first-order valence-corrected chi connectivity index (χ1v) is 8.52. The molecule has 102 valence electrons. The van der Waals surface area contributed by atoms with Gasteiger partial charge >= 0.3 is 0 Å². The minimum absolute atomic E-state index is 0.107. The number of aryl methyl sites for hydroxylation is 1. The van der Waals surface area contributed by atoms with Crippen molar-refractivity contribution in [2.45, 2.75) is 44.1 Å². The minimum atomic E-state index is -3.42. The SMILES string of the molecule is Cc1sc(CO)cc1S(=O)(=O)NCC1CCCC1. The molecule has 0 bridgehead atoms. The van der Waals surface area contributed by atoms with E-state index in [1.54, 1.807) is 13.0 Å². The van der Waals surface area contributed by atoms with Crippen LogP contribution in [0.3, 0.4) is 0 Å². The molecule has 0 unspecified atom stereocenters. The van der Waals surface area contributed by atoms with E-state index in [9.17, 15) is 8.42 Å². The molecule has 0 radical (unpaired) electrons. The summed E-state index contributed by atoms with van der Waals surface area (Å²) in [5.74, 6) is 0.482. The number of sulfonamides is 1. The van der Waals surface area contributed by atoms with Crippen molar-refractivity contribution in [2.75, 3.05) is 6.54 Å². The van der Waals surface area contributed by atoms with Crippen molar-refractivity contribution >= 4 is 21.4 Å². The molecule has 0 spiro atoms. The third-order valence-electron chi connectivity index (χ3n) is 3.41. The van der Waals surface area contributed by atoms with Crippen LogP contribution in [-0.4, -0.2) is 20.1 Å². The van der Waals surface area contributed by atoms with E-state index in [2.05, 4.69) is 4.72 Å². The highest BCUT2D eigenvalue weighted by atomic mass is 32.2. The van der Waals surface area contributed by atoms with Crippen LogP contribution in [0, 0.1) is 12.8 Å². The molecule has 2 rings (SSSR count). The molecule has 1 aromatic heterocycles. The number of thiophene rings is 1. The standard InChI is InChI=1S/C12H19NO3S2/c1-9-12(6-11(8-14)17-9)18(15,16)13-7-10-4-2-3-5-10/h6,10,13-14H,2-5,7-8H2,1H3. The Balaban J connectivity index is 2.06. The van der Waals surface area contributed by atoms with Crippen LogP contribution in [0.25, 0.3) is 0 Å². The second kappa shape index (κ2) is 5.69. The monoisotopic (exact) mass is 289 g/mol. The quantitative estimate of drug-likeness (QED) is 0.871. The van der Waals surface area contributed by atoms with Crippen molar-refractivity contribution in [2.24, 2.45) is 5.92 Å². The van der Waals surface area contributed by atoms with Crippen LogP contribution < -0.4 is 4.72 Å². The number of rotatable bonds is 5. The second-order valence-electron chi connectivity index (χ2n) is 4.79. The summed E-state index contributed by atoms with van der Waals surface area (Å²) in [4.78, 5) is 1.74. The third-order valence-corrected chi connectivity index (χ3v) is 6.12. The largest absolute Gasteiger partial charge is 0.391 e. The van der Waals surface area contributed by atoms with Crippen LogP contribution in [0.15, 0.2) is 11.0 Å². The number of hydrogen-bond acceptors (Lipinski definition) is 4. The summed E-state index contributed by atoms with van der Waals surface area (Å²) < 4.78 is 27.0. The van der Waals surface area contributed by atoms with Crippen LogP contribution in [-0.2, 0) is 16.6 Å². The van der Waals surface area contributed by atoms with Crippen LogP contribution >= 0.6 is 11.3 Å². The highest BCUT2D eigenvalue weighted by Gasteiger charge is 2.22. The number of hydrogen-bond donors (Lipinski definition) is 2. The molecule has 0 saturated heterocycles. The Kier molecular flexibility index (Phi) is 4.42. The molecule has 6 heteroatoms. The zero-order valence-corrected chi connectivity index (χ0v) is 12.1. The predicted molar refractivity (Wildman–Crippen MR) is 72.1 cm³/mol. The van der Waals surface area contributed by atoms with Crippen molar-refractivity contribution in [3.63, 3.8) is 0 Å². The Morgan fingerprint density at radius 1 is 1.44 bits per heavy atom. The molecule has 0 amide bonds. The van der Waals surface area contributed by atoms with E-state index in [1.807, 2.05) is 0 Å². The molecule has 1 heterocycles. The van der Waals surface area contributed by atoms with E-state index >= 15 is 0 Å². The van der Waals surface area contributed by atoms with Crippen molar-refractivity contribution in [1.29, 1.82) is 0 Å². The van der Waals surface area contributed by atoms with Gasteiger partial charge in [-0.2, -0.15) is 0 Å². The average Bonchev–Trinajstić information content (AvgIpc) is 2.95. The first-order chi connectivity index (χ1) is 8.53. The van der Waals surface area contributed by atoms with Gasteiger partial charge in [-0.1, -0.05) is 12.8 Å². The van der Waals surface area contributed by atoms with E-state index in [0.29, 0.717) is 22.2 Å². The van der Waals surface area contributed by atoms with E-state index in [4.69, 9.17) is 5.11 Å². The van der Waals surface area contributed by atoms with E-state index in [-0.39, 0.29) is 6.61 Å². The summed E-state index contributed by atoms with van der Waals surface area (Å²) in [6, 6.07) is 1.57. The Hall–Kier alpha value is -0.430. The zero-order valence-electron chi connectivity index (χ0n) is 10.5. The van der Waals surface area contributed by atoms with Gasteiger partial charge in [0.15, 0.2) is 0 Å². The Morgan fingerprint density at radius 2 is 2.11 bits per heavy atom. The van der Waals surface area contributed by atoms with Crippen molar-refractivity contribution in [3.05, 3.63) is 15.8 Å². The van der Waals surface area contributed by atoms with Gasteiger partial charge in [0, 0.05) is 16.3 Å². The Bertz CT molecular complexity index is 501. The molecular weight excluding hydrogens is 270 g/mol. The van der Waals surface area contributed by atoms with Crippen molar-refractivity contribution in [3.8, 4) is 0 Å². The molecule has 2 N–H and O–H groups in total. The van der Waals surface area contributed by atoms with Gasteiger partial charge in [-0.05, 0) is 31.7 Å². The van der Waals surface area contributed by atoms with Gasteiger partial charge in [-0.15, -0.1) is 11.3 Å². The predicted octanol–water partition coefficient (Wildman–Crippen LogP) is 2.02. The molecule has 18 heavy (non-hydrogen) atoms. The fraction of sp³-hybridized carbons (Fsp3) is 0.667. The average molecular weight is 289 g/mol. The summed E-state index contributed by atoms with van der Waals surface area (Å²) in [6.07, 6.45) is 4.65. The normalized spacial score (nSPS) is 17.4. The molecule has 0 atom stereocenters. The maximum Gasteiger partial charge on any atom is 0.241 e. The van der Waals surface area contributed by atoms with Crippen LogP contribution in [0.2, 0.25) is 0 Å². The first-order valence-electron chi connectivity index (χ1n) is 6.23. The van der Waals surface area contributed by atoms with Crippen molar-refractivity contribution in [1.82, 2.24) is 4.72 Å². The summed E-state index contributed by atoms with van der Waals surface area (Å²) in [7, 11) is -3.42. The lowest BCUT2D eigenvalue weighted by Gasteiger charge is -2.10. The highest BCUT2D eigenvalue weighted by Crippen LogP contribution is 2.27. The summed E-state index contributed by atoms with van der Waals surface area (Å²) in [5.41, 5.74) is 0. The lowest BCUT2D eigenvalue weighted by molar-refractivity contribution is 0.285. The van der Waals surface area contributed by atoms with Gasteiger partial charge in [-0.3, -0.25) is 0 Å². The van der Waals surface area contributed by atoms with Gasteiger partial charge in [0.1, 0.15) is 0 Å². The lowest BCUT2D eigenvalue weighted by Crippen LogP contribution is -2.28. The molecule has 0 aliphatic heterocycles. The van der Waals surface area contributed by atoms with E-state index in [1.165, 1.54) is 24.2 Å². The lowest BCUT2D eigenvalue weighted by atomic mass is 10.1. The van der Waals surface area contributed by atoms with Gasteiger partial charge in [-0.25, -0.2) is 13.1 Å². The fourth-order valence-corrected chi connectivity index (χ4v) is 5.00. The molecule has 1 aliphatic carbocycles. The highest BCUT2D eigenvalue weighted by molar-refractivity contribution is 7.89. The maximum atomic E-state index is 12.2. The number of aliphatic hydroxyl groups excluding tert-OH is 1. The number of aliphatic hydroxyl groups is 1. The van der Waals surface area contributed by atoms with Crippen molar-refractivity contribution < 1.29 is 13.5 Å². The molecule has 1 aliphatic rings. The van der Waals surface area contributed by atoms with Crippen LogP contribution in [0.4, 0.5) is 0 Å². The van der Waals surface area contributed by atoms with Crippen LogP contribution in [0.5, 0.6) is 0 Å². The third kappa shape index (κ3) is 3.12. The van der Waals surface area contributed by atoms with Gasteiger partial charge in [0.05, 0.1) is 11.5 Å². The maximum absolute atomic E-state index is 12.2. The first kappa shape index (κ1) is 14.0. The van der Waals surface area contributed by atoms with Gasteiger partial charge in [0.25, 0.3) is 0 Å². The van der Waals surface area contributed by atoms with E-state index < -0.39 is 10.0 Å². The molecule has 4 nitrogen and oxygen atoms in total. The van der Waals surface area contributed by atoms with Crippen LogP contribution in [0.1, 0.15) is 35.4 Å². The minimum Gasteiger partial charge on any atom is -0.391 e. The topological polar surface area (TPSA) is 66.4 Å². The zero-order chi connectivity index (χ0) is 13.2. The molecular formula is C12H19NO3S2. The molecule has 1 saturated carbocycles. The summed E-state index contributed by atoms with van der Waals surface area (Å²) >= 11 is 1.33. The fourth-order valence-electron chi connectivity index (χ4n) is 2.39. The molecule has 1 aromatic rings.